The van der Waals surface area contributed by atoms with Gasteiger partial charge in [-0.3, -0.25) is 4.74 Å². The first kappa shape index (κ1) is 25.5. The van der Waals surface area contributed by atoms with E-state index in [1.165, 1.54) is 0 Å². The van der Waals surface area contributed by atoms with E-state index in [-0.39, 0.29) is 0 Å². The topological polar surface area (TPSA) is 27.7 Å². The first-order valence-corrected chi connectivity index (χ1v) is 6.01. The van der Waals surface area contributed by atoms with Crippen LogP contribution in [-0.4, -0.2) is 43.1 Å². The summed E-state index contributed by atoms with van der Waals surface area (Å²) in [5, 5.41) is 0. The van der Waals surface area contributed by atoms with Gasteiger partial charge in [0.05, 0.1) is 6.61 Å². The van der Waals surface area contributed by atoms with Crippen molar-refractivity contribution in [1.29, 1.82) is 0 Å². The van der Waals surface area contributed by atoms with Crippen molar-refractivity contribution in [3.05, 3.63) is 12.1 Å². The third-order valence-electron chi connectivity index (χ3n) is 2.34. The van der Waals surface area contributed by atoms with Crippen molar-refractivity contribution in [2.24, 2.45) is 0 Å². The maximum Gasteiger partial charge on any atom is 0.473 e. The Bertz CT molecular complexity index is 541. The largest absolute Gasteiger partial charge is 0.473 e. The zero-order valence-corrected chi connectivity index (χ0v) is 12.3. The lowest BCUT2D eigenvalue weighted by Crippen LogP contribution is -2.64. The van der Waals surface area contributed by atoms with Gasteiger partial charge in [0, 0.05) is 0 Å². The van der Waals surface area contributed by atoms with E-state index in [4.69, 9.17) is 0 Å². The second-order valence-electron chi connectivity index (χ2n) is 4.25. The Balaban J connectivity index is 5.81. The van der Waals surface area contributed by atoms with E-state index in [0.29, 0.717) is 0 Å². The van der Waals surface area contributed by atoms with Gasteiger partial charge in [0.2, 0.25) is 0 Å². The van der Waals surface area contributed by atoms with Gasteiger partial charge in [-0.25, -0.2) is 4.39 Å². The first-order valence-electron chi connectivity index (χ1n) is 6.01. The molecule has 0 amide bonds. The van der Waals surface area contributed by atoms with Gasteiger partial charge >= 0.3 is 42.3 Å². The third-order valence-corrected chi connectivity index (χ3v) is 2.34. The molecule has 0 N–H and O–H groups in total. The summed E-state index contributed by atoms with van der Waals surface area (Å²) in [6.07, 6.45) is -28.3. The highest BCUT2D eigenvalue weighted by molar-refractivity contribution is 4.99. The molecule has 27 heavy (non-hydrogen) atoms. The molecule has 0 rings (SSSR count). The minimum absolute atomic E-state index is 0.728. The van der Waals surface area contributed by atoms with E-state index in [9.17, 15) is 61.5 Å². The van der Waals surface area contributed by atoms with E-state index in [1.54, 1.807) is 0 Å². The summed E-state index contributed by atoms with van der Waals surface area (Å²) in [4.78, 5) is 0. The molecular weight excluding hydrogens is 434 g/mol. The molecule has 0 aromatic rings. The van der Waals surface area contributed by atoms with Crippen LogP contribution in [0.2, 0.25) is 0 Å². The maximum atomic E-state index is 13.1. The number of alkyl halides is 11. The van der Waals surface area contributed by atoms with Crippen LogP contribution in [0.25, 0.3) is 0 Å². The van der Waals surface area contributed by atoms with Crippen LogP contribution in [0.3, 0.4) is 0 Å². The number of hydrogen-bond acceptors (Lipinski definition) is 3. The molecule has 17 heteroatoms. The Labute approximate surface area is 139 Å². The lowest BCUT2D eigenvalue weighted by molar-refractivity contribution is -0.484. The monoisotopic (exact) mass is 440 g/mol. The van der Waals surface area contributed by atoms with Crippen LogP contribution in [0.15, 0.2) is 12.1 Å². The first-order chi connectivity index (χ1) is 11.8. The third kappa shape index (κ3) is 5.05. The molecule has 0 radical (unpaired) electrons. The Kier molecular flexibility index (Phi) is 7.40. The Hall–Kier alpha value is -1.52. The van der Waals surface area contributed by atoms with Crippen LogP contribution >= 0.6 is 0 Å². The number of hydrogen-bond donors (Lipinski definition) is 0. The summed E-state index contributed by atoms with van der Waals surface area (Å²) in [7, 11) is 0. The average Bonchev–Trinajstić information content (AvgIpc) is 2.45. The molecule has 0 aromatic heterocycles. The van der Waals surface area contributed by atoms with Crippen molar-refractivity contribution >= 4 is 0 Å². The van der Waals surface area contributed by atoms with Crippen molar-refractivity contribution in [1.82, 2.24) is 0 Å². The Morgan fingerprint density at radius 1 is 0.778 bits per heavy atom. The second-order valence-corrected chi connectivity index (χ2v) is 4.25. The minimum atomic E-state index is -7.58. The smallest absolute Gasteiger partial charge is 0.397 e. The quantitative estimate of drug-likeness (QED) is 0.335. The van der Waals surface area contributed by atoms with E-state index in [1.807, 2.05) is 4.74 Å². The van der Waals surface area contributed by atoms with Gasteiger partial charge < -0.3 is 9.47 Å². The molecule has 0 aliphatic carbocycles. The number of halogens is 14. The van der Waals surface area contributed by atoms with Gasteiger partial charge in [-0.1, -0.05) is 0 Å². The van der Waals surface area contributed by atoms with Crippen molar-refractivity contribution in [2.45, 2.75) is 43.5 Å². The molecule has 3 nitrogen and oxygen atoms in total. The maximum absolute atomic E-state index is 13.1. The summed E-state index contributed by atoms with van der Waals surface area (Å²) < 4.78 is 185. The van der Waals surface area contributed by atoms with Gasteiger partial charge in [-0.05, 0) is 6.92 Å². The summed E-state index contributed by atoms with van der Waals surface area (Å²) >= 11 is 0. The summed E-state index contributed by atoms with van der Waals surface area (Å²) in [5.74, 6) is -15.2. The molecule has 0 saturated heterocycles. The normalized spacial score (nSPS) is 15.5. The zero-order chi connectivity index (χ0) is 22.1. The van der Waals surface area contributed by atoms with Crippen LogP contribution < -0.4 is 0 Å². The molecular formula is C10H6F14O3. The Morgan fingerprint density at radius 3 is 1.56 bits per heavy atom. The molecule has 0 heterocycles. The standard InChI is InChI=1S/C10H6F14O3/c1-2-25-6(15,16)5(14)27-10(23,24)8(19,20)7(17,18)9(21,22)26-4(13)3(11)12/h5H,2H2,1H3. The lowest BCUT2D eigenvalue weighted by atomic mass is 10.1. The summed E-state index contributed by atoms with van der Waals surface area (Å²) in [6.45, 7) is -0.396. The fraction of sp³-hybridized carbons (Fsp3) is 0.800. The highest BCUT2D eigenvalue weighted by atomic mass is 19.4. The molecule has 1 atom stereocenters. The average molecular weight is 440 g/mol. The van der Waals surface area contributed by atoms with Gasteiger partial charge in [0.15, 0.2) is 0 Å². The highest BCUT2D eigenvalue weighted by Crippen LogP contribution is 2.54. The molecule has 0 bridgehead atoms. The molecule has 0 saturated carbocycles. The zero-order valence-electron chi connectivity index (χ0n) is 12.3. The minimum Gasteiger partial charge on any atom is -0.397 e. The summed E-state index contributed by atoms with van der Waals surface area (Å²) in [5.41, 5.74) is 0. The molecule has 0 aliphatic heterocycles. The van der Waals surface area contributed by atoms with E-state index < -0.39 is 55.2 Å². The fourth-order valence-corrected chi connectivity index (χ4v) is 1.11. The van der Waals surface area contributed by atoms with Gasteiger partial charge in [0.1, 0.15) is 0 Å². The predicted molar refractivity (Wildman–Crippen MR) is 53.8 cm³/mol. The molecule has 162 valence electrons. The summed E-state index contributed by atoms with van der Waals surface area (Å²) in [6, 6.07) is -3.84. The van der Waals surface area contributed by atoms with E-state index in [2.05, 4.69) is 9.47 Å². The highest BCUT2D eigenvalue weighted by Gasteiger charge is 2.84. The van der Waals surface area contributed by atoms with Gasteiger partial charge in [0.25, 0.3) is 6.36 Å². The van der Waals surface area contributed by atoms with Gasteiger partial charge in [-0.15, -0.1) is 0 Å². The van der Waals surface area contributed by atoms with Gasteiger partial charge in [-0.2, -0.15) is 57.1 Å². The van der Waals surface area contributed by atoms with E-state index >= 15 is 0 Å². The predicted octanol–water partition coefficient (Wildman–Crippen LogP) is 5.44. The van der Waals surface area contributed by atoms with Crippen molar-refractivity contribution in [3.63, 3.8) is 0 Å². The molecule has 1 unspecified atom stereocenters. The van der Waals surface area contributed by atoms with Crippen LogP contribution in [0, 0.1) is 0 Å². The van der Waals surface area contributed by atoms with Crippen molar-refractivity contribution < 1.29 is 75.7 Å². The SMILES string of the molecule is CCOC(F)(F)C(F)OC(F)(F)C(F)(F)C(F)(F)C(F)(F)OC(F)=C(F)F. The lowest BCUT2D eigenvalue weighted by Gasteiger charge is -2.36. The van der Waals surface area contributed by atoms with Crippen LogP contribution in [0.5, 0.6) is 0 Å². The molecule has 0 fully saturated rings. The second kappa shape index (κ2) is 7.84. The molecule has 0 spiro atoms. The molecule has 0 aromatic carbocycles. The van der Waals surface area contributed by atoms with Crippen LogP contribution in [0.1, 0.15) is 6.92 Å². The number of ether oxygens (including phenoxy) is 3. The van der Waals surface area contributed by atoms with Crippen molar-refractivity contribution in [2.75, 3.05) is 6.61 Å². The fourth-order valence-electron chi connectivity index (χ4n) is 1.11. The van der Waals surface area contributed by atoms with Crippen LogP contribution in [0.4, 0.5) is 61.5 Å². The van der Waals surface area contributed by atoms with Crippen molar-refractivity contribution in [3.8, 4) is 0 Å². The Morgan fingerprint density at radius 2 is 1.19 bits per heavy atom. The molecule has 0 aliphatic rings. The number of rotatable bonds is 10. The van der Waals surface area contributed by atoms with E-state index in [0.717, 1.165) is 6.92 Å². The van der Waals surface area contributed by atoms with Crippen LogP contribution in [-0.2, 0) is 14.2 Å².